The Morgan fingerprint density at radius 2 is 1.89 bits per heavy atom. The highest BCUT2D eigenvalue weighted by Crippen LogP contribution is 2.25. The topological polar surface area (TPSA) is 77.9 Å². The Labute approximate surface area is 112 Å². The third-order valence-electron chi connectivity index (χ3n) is 4.01. The fourth-order valence-electron chi connectivity index (χ4n) is 3.00. The number of hydrogen-bond donors (Lipinski definition) is 1. The lowest BCUT2D eigenvalue weighted by Gasteiger charge is -2.35. The second kappa shape index (κ2) is 5.19. The van der Waals surface area contributed by atoms with Crippen molar-refractivity contribution >= 4 is 17.8 Å². The summed E-state index contributed by atoms with van der Waals surface area (Å²) in [6, 6.07) is 0. The molecule has 0 aromatic rings. The maximum absolute atomic E-state index is 12.4. The molecular weight excluding hydrogens is 248 g/mol. The van der Waals surface area contributed by atoms with Gasteiger partial charge in [0.05, 0.1) is 11.8 Å². The van der Waals surface area contributed by atoms with Crippen molar-refractivity contribution < 1.29 is 19.5 Å². The van der Waals surface area contributed by atoms with Crippen molar-refractivity contribution in [1.82, 2.24) is 9.80 Å². The lowest BCUT2D eigenvalue weighted by molar-refractivity contribution is -0.148. The van der Waals surface area contributed by atoms with Crippen LogP contribution in [0.2, 0.25) is 0 Å². The minimum absolute atomic E-state index is 0.0156. The molecule has 2 saturated heterocycles. The summed E-state index contributed by atoms with van der Waals surface area (Å²) < 4.78 is 0. The zero-order chi connectivity index (χ0) is 14.2. The Morgan fingerprint density at radius 1 is 1.21 bits per heavy atom. The number of carbonyl (C=O) groups excluding carboxylic acids is 2. The van der Waals surface area contributed by atoms with E-state index in [1.165, 1.54) is 0 Å². The molecule has 0 bridgehead atoms. The van der Waals surface area contributed by atoms with E-state index < -0.39 is 11.9 Å². The van der Waals surface area contributed by atoms with Crippen molar-refractivity contribution in [3.05, 3.63) is 0 Å². The van der Waals surface area contributed by atoms with Gasteiger partial charge in [0.2, 0.25) is 11.8 Å². The highest BCUT2D eigenvalue weighted by Gasteiger charge is 2.38. The van der Waals surface area contributed by atoms with Crippen LogP contribution in [0.15, 0.2) is 0 Å². The van der Waals surface area contributed by atoms with Gasteiger partial charge in [-0.2, -0.15) is 0 Å². The third-order valence-corrected chi connectivity index (χ3v) is 4.01. The van der Waals surface area contributed by atoms with Crippen LogP contribution in [-0.4, -0.2) is 59.4 Å². The molecule has 0 spiro atoms. The molecule has 1 N–H and O–H groups in total. The molecule has 2 aliphatic rings. The van der Waals surface area contributed by atoms with Gasteiger partial charge in [-0.05, 0) is 12.3 Å². The molecule has 6 nitrogen and oxygen atoms in total. The minimum atomic E-state index is -0.844. The number of likely N-dealkylation sites (tertiary alicyclic amines) is 2. The molecule has 19 heavy (non-hydrogen) atoms. The number of aliphatic carboxylic acids is 1. The van der Waals surface area contributed by atoms with Crippen LogP contribution in [0.25, 0.3) is 0 Å². The van der Waals surface area contributed by atoms with Gasteiger partial charge in [-0.1, -0.05) is 6.92 Å². The minimum Gasteiger partial charge on any atom is -0.481 e. The summed E-state index contributed by atoms with van der Waals surface area (Å²) in [5.74, 6) is -1.54. The van der Waals surface area contributed by atoms with Crippen LogP contribution in [0, 0.1) is 17.8 Å². The molecule has 2 rings (SSSR count). The average molecular weight is 268 g/mol. The Kier molecular flexibility index (Phi) is 3.78. The van der Waals surface area contributed by atoms with Gasteiger partial charge in [0.1, 0.15) is 0 Å². The molecule has 2 heterocycles. The maximum atomic E-state index is 12.4. The summed E-state index contributed by atoms with van der Waals surface area (Å²) in [7, 11) is 1.69. The van der Waals surface area contributed by atoms with Gasteiger partial charge in [0.15, 0.2) is 0 Å². The Bertz CT molecular complexity index is 409. The SMILES string of the molecule is CC1CC(C(=O)O)CN(C(=O)C2CC(=O)N(C)C2)C1. The molecule has 2 fully saturated rings. The molecule has 3 atom stereocenters. The first-order valence-electron chi connectivity index (χ1n) is 6.64. The van der Waals surface area contributed by atoms with Crippen molar-refractivity contribution in [2.45, 2.75) is 19.8 Å². The van der Waals surface area contributed by atoms with Crippen molar-refractivity contribution in [3.8, 4) is 0 Å². The summed E-state index contributed by atoms with van der Waals surface area (Å²) in [6.45, 7) is 3.27. The van der Waals surface area contributed by atoms with Gasteiger partial charge in [-0.15, -0.1) is 0 Å². The molecule has 0 aromatic heterocycles. The number of rotatable bonds is 2. The molecule has 0 radical (unpaired) electrons. The predicted molar refractivity (Wildman–Crippen MR) is 67.2 cm³/mol. The van der Waals surface area contributed by atoms with Crippen LogP contribution >= 0.6 is 0 Å². The molecule has 106 valence electrons. The Balaban J connectivity index is 2.02. The van der Waals surface area contributed by atoms with Gasteiger partial charge in [-0.25, -0.2) is 0 Å². The fraction of sp³-hybridized carbons (Fsp3) is 0.769. The molecule has 3 unspecified atom stereocenters. The number of amides is 2. The summed E-state index contributed by atoms with van der Waals surface area (Å²) in [5.41, 5.74) is 0. The molecule has 0 aliphatic carbocycles. The molecular formula is C13H20N2O4. The van der Waals surface area contributed by atoms with Gasteiger partial charge < -0.3 is 14.9 Å². The predicted octanol–water partition coefficient (Wildman–Crippen LogP) is 0.0339. The molecule has 2 aliphatic heterocycles. The highest BCUT2D eigenvalue weighted by molar-refractivity contribution is 5.89. The number of carbonyl (C=O) groups is 3. The van der Waals surface area contributed by atoms with Crippen LogP contribution in [0.1, 0.15) is 19.8 Å². The summed E-state index contributed by atoms with van der Waals surface area (Å²) in [6.07, 6.45) is 0.862. The standard InChI is InChI=1S/C13H20N2O4/c1-8-3-10(13(18)19)7-15(5-8)12(17)9-4-11(16)14(2)6-9/h8-10H,3-7H2,1-2H3,(H,18,19). The Hall–Kier alpha value is -1.59. The van der Waals surface area contributed by atoms with Crippen LogP contribution in [0.4, 0.5) is 0 Å². The summed E-state index contributed by atoms with van der Waals surface area (Å²) >= 11 is 0. The number of hydrogen-bond acceptors (Lipinski definition) is 3. The van der Waals surface area contributed by atoms with E-state index in [4.69, 9.17) is 5.11 Å². The van der Waals surface area contributed by atoms with E-state index in [-0.39, 0.29) is 36.6 Å². The maximum Gasteiger partial charge on any atom is 0.308 e. The van der Waals surface area contributed by atoms with E-state index in [2.05, 4.69) is 0 Å². The van der Waals surface area contributed by atoms with E-state index in [9.17, 15) is 14.4 Å². The van der Waals surface area contributed by atoms with Crippen molar-refractivity contribution in [1.29, 1.82) is 0 Å². The monoisotopic (exact) mass is 268 g/mol. The lowest BCUT2D eigenvalue weighted by Crippen LogP contribution is -2.48. The molecule has 0 saturated carbocycles. The largest absolute Gasteiger partial charge is 0.481 e. The van der Waals surface area contributed by atoms with Crippen LogP contribution in [-0.2, 0) is 14.4 Å². The van der Waals surface area contributed by atoms with Crippen molar-refractivity contribution in [2.75, 3.05) is 26.7 Å². The smallest absolute Gasteiger partial charge is 0.308 e. The molecule has 6 heteroatoms. The lowest BCUT2D eigenvalue weighted by atomic mass is 9.89. The normalized spacial score (nSPS) is 31.7. The van der Waals surface area contributed by atoms with Crippen molar-refractivity contribution in [3.63, 3.8) is 0 Å². The number of piperidine rings is 1. The van der Waals surface area contributed by atoms with E-state index in [1.54, 1.807) is 16.8 Å². The van der Waals surface area contributed by atoms with Crippen LogP contribution < -0.4 is 0 Å². The van der Waals surface area contributed by atoms with E-state index in [0.29, 0.717) is 19.5 Å². The number of nitrogens with zero attached hydrogens (tertiary/aromatic N) is 2. The zero-order valence-electron chi connectivity index (χ0n) is 11.3. The third kappa shape index (κ3) is 2.88. The van der Waals surface area contributed by atoms with Gasteiger partial charge in [-0.3, -0.25) is 14.4 Å². The first kappa shape index (κ1) is 13.8. The van der Waals surface area contributed by atoms with Crippen LogP contribution in [0.5, 0.6) is 0 Å². The fourth-order valence-corrected chi connectivity index (χ4v) is 3.00. The van der Waals surface area contributed by atoms with E-state index in [1.807, 2.05) is 6.92 Å². The zero-order valence-corrected chi connectivity index (χ0v) is 11.3. The second-order valence-electron chi connectivity index (χ2n) is 5.79. The van der Waals surface area contributed by atoms with E-state index >= 15 is 0 Å². The van der Waals surface area contributed by atoms with Crippen molar-refractivity contribution in [2.24, 2.45) is 17.8 Å². The average Bonchev–Trinajstić information content (AvgIpc) is 2.68. The quantitative estimate of drug-likeness (QED) is 0.766. The molecule has 2 amide bonds. The van der Waals surface area contributed by atoms with Crippen LogP contribution in [0.3, 0.4) is 0 Å². The van der Waals surface area contributed by atoms with Gasteiger partial charge >= 0.3 is 5.97 Å². The Morgan fingerprint density at radius 3 is 2.42 bits per heavy atom. The first-order chi connectivity index (χ1) is 8.88. The summed E-state index contributed by atoms with van der Waals surface area (Å²) in [5, 5.41) is 9.10. The highest BCUT2D eigenvalue weighted by atomic mass is 16.4. The summed E-state index contributed by atoms with van der Waals surface area (Å²) in [4.78, 5) is 38.1. The second-order valence-corrected chi connectivity index (χ2v) is 5.79. The van der Waals surface area contributed by atoms with Gasteiger partial charge in [0, 0.05) is 33.1 Å². The molecule has 0 aromatic carbocycles. The number of carboxylic acids is 1. The van der Waals surface area contributed by atoms with Gasteiger partial charge in [0.25, 0.3) is 0 Å². The van der Waals surface area contributed by atoms with E-state index in [0.717, 1.165) is 0 Å². The number of carboxylic acid groups (broad SMARTS) is 1. The first-order valence-corrected chi connectivity index (χ1v) is 6.64.